The molecule has 134 valence electrons. The van der Waals surface area contributed by atoms with Crippen LogP contribution in [0.1, 0.15) is 40.5 Å². The molecule has 1 aliphatic heterocycles. The predicted molar refractivity (Wildman–Crippen MR) is 94.4 cm³/mol. The topological polar surface area (TPSA) is 64.6 Å². The van der Waals surface area contributed by atoms with E-state index in [1.54, 1.807) is 19.1 Å². The van der Waals surface area contributed by atoms with Gasteiger partial charge in [0.2, 0.25) is 5.91 Å². The molecule has 1 rings (SSSR count). The van der Waals surface area contributed by atoms with E-state index in [-0.39, 0.29) is 30.1 Å². The molecule has 0 aromatic heterocycles. The highest BCUT2D eigenvalue weighted by molar-refractivity contribution is 5.87. The van der Waals surface area contributed by atoms with Gasteiger partial charge in [-0.2, -0.15) is 0 Å². The number of esters is 1. The molecule has 24 heavy (non-hydrogen) atoms. The van der Waals surface area contributed by atoms with Gasteiger partial charge in [-0.25, -0.2) is 0 Å². The van der Waals surface area contributed by atoms with Crippen LogP contribution < -0.4 is 5.32 Å². The molecule has 1 N–H and O–H groups in total. The van der Waals surface area contributed by atoms with Crippen molar-refractivity contribution < 1.29 is 19.1 Å². The van der Waals surface area contributed by atoms with Gasteiger partial charge in [0.05, 0.1) is 18.2 Å². The van der Waals surface area contributed by atoms with E-state index in [0.717, 1.165) is 12.8 Å². The second kappa shape index (κ2) is 10.1. The second-order valence-corrected chi connectivity index (χ2v) is 6.28. The zero-order chi connectivity index (χ0) is 18.1. The molecule has 0 saturated carbocycles. The maximum atomic E-state index is 12.0. The number of amides is 1. The molecule has 1 heterocycles. The summed E-state index contributed by atoms with van der Waals surface area (Å²) in [6, 6.07) is -0.0270. The lowest BCUT2D eigenvalue weighted by Crippen LogP contribution is -2.50. The Bertz CT molecular complexity index is 498. The third-order valence-corrected chi connectivity index (χ3v) is 4.06. The molecule has 1 saturated heterocycles. The first-order valence-electron chi connectivity index (χ1n) is 8.42. The summed E-state index contributed by atoms with van der Waals surface area (Å²) in [4.78, 5) is 22.9. The molecule has 0 spiro atoms. The van der Waals surface area contributed by atoms with Crippen LogP contribution in [-0.2, 0) is 19.1 Å². The second-order valence-electron chi connectivity index (χ2n) is 6.28. The van der Waals surface area contributed by atoms with Crippen LogP contribution in [0.25, 0.3) is 0 Å². The number of hydrogen-bond donors (Lipinski definition) is 1. The molecular formula is C19H29NO4. The number of carbonyl (C=O) groups excluding carboxylic acids is 2. The number of hydrogen-bond acceptors (Lipinski definition) is 4. The quantitative estimate of drug-likeness (QED) is 0.441. The van der Waals surface area contributed by atoms with Crippen LogP contribution in [0.3, 0.4) is 0 Å². The summed E-state index contributed by atoms with van der Waals surface area (Å²) in [5, 5.41) is 2.97. The zero-order valence-electron chi connectivity index (χ0n) is 15.0. The molecule has 5 heteroatoms. The van der Waals surface area contributed by atoms with Gasteiger partial charge in [-0.3, -0.25) is 9.59 Å². The summed E-state index contributed by atoms with van der Waals surface area (Å²) in [7, 11) is 0. The zero-order valence-corrected chi connectivity index (χ0v) is 15.0. The summed E-state index contributed by atoms with van der Waals surface area (Å²) < 4.78 is 11.0. The first kappa shape index (κ1) is 20.2. The minimum absolute atomic E-state index is 0.0270. The van der Waals surface area contributed by atoms with E-state index >= 15 is 0 Å². The molecule has 0 aromatic rings. The van der Waals surface area contributed by atoms with Gasteiger partial charge in [0, 0.05) is 13.0 Å². The van der Waals surface area contributed by atoms with Gasteiger partial charge in [0.25, 0.3) is 0 Å². The lowest BCUT2D eigenvalue weighted by Gasteiger charge is -2.39. The number of rotatable bonds is 7. The Hall–Kier alpha value is -1.88. The SMILES string of the molecule is C=C/C=C/C[C@@H]1O[C@H](C)C(NC(=O)/C=C\[C@H](C)OC(C)=O)C[C@@H]1C. The normalized spacial score (nSPS) is 28.7. The highest BCUT2D eigenvalue weighted by Crippen LogP contribution is 2.27. The summed E-state index contributed by atoms with van der Waals surface area (Å²) in [6.45, 7) is 10.8. The fourth-order valence-electron chi connectivity index (χ4n) is 2.78. The summed E-state index contributed by atoms with van der Waals surface area (Å²) in [5.74, 6) is -0.219. The average Bonchev–Trinajstić information content (AvgIpc) is 2.49. The Balaban J connectivity index is 2.49. The van der Waals surface area contributed by atoms with Crippen molar-refractivity contribution in [1.82, 2.24) is 5.32 Å². The van der Waals surface area contributed by atoms with Crippen LogP contribution >= 0.6 is 0 Å². The first-order chi connectivity index (χ1) is 11.3. The number of carbonyl (C=O) groups is 2. The smallest absolute Gasteiger partial charge is 0.303 e. The van der Waals surface area contributed by atoms with E-state index in [1.807, 2.05) is 13.0 Å². The molecule has 1 fully saturated rings. The first-order valence-corrected chi connectivity index (χ1v) is 8.42. The molecule has 1 unspecified atom stereocenters. The van der Waals surface area contributed by atoms with Crippen LogP contribution in [0.4, 0.5) is 0 Å². The number of allylic oxidation sites excluding steroid dienone is 2. The van der Waals surface area contributed by atoms with Crippen molar-refractivity contribution in [2.75, 3.05) is 0 Å². The van der Waals surface area contributed by atoms with Crippen molar-refractivity contribution in [3.8, 4) is 0 Å². The minimum Gasteiger partial charge on any atom is -0.459 e. The number of nitrogens with one attached hydrogen (secondary N) is 1. The van der Waals surface area contributed by atoms with Crippen molar-refractivity contribution in [1.29, 1.82) is 0 Å². The predicted octanol–water partition coefficient (Wildman–Crippen LogP) is 2.92. The standard InChI is InChI=1S/C19H29NO4/c1-6-7-8-9-18-13(2)12-17(15(4)24-18)20-19(22)11-10-14(3)23-16(5)21/h6-8,10-11,13-15,17-18H,1,9,12H2,2-5H3,(H,20,22)/b8-7+,11-10-/t13-,14-,15+,17?,18-/m0/s1. The Kier molecular flexibility index (Phi) is 8.47. The molecule has 0 aromatic carbocycles. The Labute approximate surface area is 144 Å². The maximum Gasteiger partial charge on any atom is 0.303 e. The fraction of sp³-hybridized carbons (Fsp3) is 0.579. The Morgan fingerprint density at radius 3 is 2.75 bits per heavy atom. The van der Waals surface area contributed by atoms with Crippen molar-refractivity contribution in [3.63, 3.8) is 0 Å². The van der Waals surface area contributed by atoms with Crippen LogP contribution in [0.5, 0.6) is 0 Å². The van der Waals surface area contributed by atoms with Gasteiger partial charge in [-0.05, 0) is 38.7 Å². The van der Waals surface area contributed by atoms with Gasteiger partial charge in [0.15, 0.2) is 0 Å². The van der Waals surface area contributed by atoms with E-state index in [2.05, 4.69) is 24.9 Å². The van der Waals surface area contributed by atoms with Crippen LogP contribution in [0.2, 0.25) is 0 Å². The Morgan fingerprint density at radius 2 is 2.12 bits per heavy atom. The number of ether oxygens (including phenoxy) is 2. The third-order valence-electron chi connectivity index (χ3n) is 4.06. The molecule has 5 nitrogen and oxygen atoms in total. The third kappa shape index (κ3) is 7.13. The lowest BCUT2D eigenvalue weighted by atomic mass is 9.88. The monoisotopic (exact) mass is 335 g/mol. The molecule has 0 aliphatic carbocycles. The van der Waals surface area contributed by atoms with E-state index in [9.17, 15) is 9.59 Å². The molecule has 1 aliphatic rings. The van der Waals surface area contributed by atoms with E-state index in [0.29, 0.717) is 5.92 Å². The summed E-state index contributed by atoms with van der Waals surface area (Å²) in [5.41, 5.74) is 0. The van der Waals surface area contributed by atoms with Crippen LogP contribution in [0.15, 0.2) is 37.0 Å². The summed E-state index contributed by atoms with van der Waals surface area (Å²) >= 11 is 0. The molecule has 0 bridgehead atoms. The summed E-state index contributed by atoms with van der Waals surface area (Å²) in [6.07, 6.45) is 10.1. The molecule has 0 radical (unpaired) electrons. The van der Waals surface area contributed by atoms with Gasteiger partial charge >= 0.3 is 5.97 Å². The van der Waals surface area contributed by atoms with E-state index in [4.69, 9.17) is 9.47 Å². The maximum absolute atomic E-state index is 12.0. The van der Waals surface area contributed by atoms with Gasteiger partial charge < -0.3 is 14.8 Å². The highest BCUT2D eigenvalue weighted by Gasteiger charge is 2.33. The van der Waals surface area contributed by atoms with E-state index in [1.165, 1.54) is 13.0 Å². The van der Waals surface area contributed by atoms with Gasteiger partial charge in [0.1, 0.15) is 6.10 Å². The Morgan fingerprint density at radius 1 is 1.42 bits per heavy atom. The van der Waals surface area contributed by atoms with Crippen molar-refractivity contribution in [3.05, 3.63) is 37.0 Å². The van der Waals surface area contributed by atoms with Gasteiger partial charge in [-0.15, -0.1) is 0 Å². The van der Waals surface area contributed by atoms with Crippen molar-refractivity contribution >= 4 is 11.9 Å². The molecule has 5 atom stereocenters. The largest absolute Gasteiger partial charge is 0.459 e. The van der Waals surface area contributed by atoms with Gasteiger partial charge in [-0.1, -0.05) is 31.7 Å². The van der Waals surface area contributed by atoms with Crippen molar-refractivity contribution in [2.24, 2.45) is 5.92 Å². The minimum atomic E-state index is -0.423. The van der Waals surface area contributed by atoms with Crippen LogP contribution in [0, 0.1) is 5.92 Å². The van der Waals surface area contributed by atoms with E-state index < -0.39 is 6.10 Å². The lowest BCUT2D eigenvalue weighted by molar-refractivity contribution is -0.143. The fourth-order valence-corrected chi connectivity index (χ4v) is 2.78. The molecule has 1 amide bonds. The van der Waals surface area contributed by atoms with Crippen molar-refractivity contribution in [2.45, 2.75) is 64.9 Å². The average molecular weight is 335 g/mol. The highest BCUT2D eigenvalue weighted by atomic mass is 16.5. The molecular weight excluding hydrogens is 306 g/mol. The van der Waals surface area contributed by atoms with Crippen LogP contribution in [-0.4, -0.2) is 36.2 Å².